The highest BCUT2D eigenvalue weighted by molar-refractivity contribution is 6.33. The van der Waals surface area contributed by atoms with Gasteiger partial charge in [0.05, 0.1) is 10.6 Å². The summed E-state index contributed by atoms with van der Waals surface area (Å²) in [5.41, 5.74) is -0.0115. The van der Waals surface area contributed by atoms with Crippen LogP contribution >= 0.6 is 11.6 Å². The topological polar surface area (TPSA) is 32.3 Å². The third kappa shape index (κ3) is 2.42. The van der Waals surface area contributed by atoms with E-state index in [1.807, 2.05) is 0 Å². The molecule has 1 amide bonds. The maximum absolute atomic E-state index is 13.8. The van der Waals surface area contributed by atoms with E-state index in [0.29, 0.717) is 12.1 Å². The molecule has 3 rings (SSSR count). The van der Waals surface area contributed by atoms with Crippen molar-refractivity contribution in [2.45, 2.75) is 43.8 Å². The number of amides is 1. The van der Waals surface area contributed by atoms with Crippen LogP contribution in [0.15, 0.2) is 18.2 Å². The monoisotopic (exact) mass is 296 g/mol. The van der Waals surface area contributed by atoms with Crippen LogP contribution in [0.4, 0.5) is 4.39 Å². The second-order valence-electron chi connectivity index (χ2n) is 5.78. The number of hydrogen-bond donors (Lipinski definition) is 1. The molecule has 5 heteroatoms. The minimum absolute atomic E-state index is 0.0115. The average Bonchev–Trinajstić information content (AvgIpc) is 2.76. The molecule has 2 unspecified atom stereocenters. The normalized spacial score (nSPS) is 28.4. The van der Waals surface area contributed by atoms with Crippen LogP contribution in [0.3, 0.4) is 0 Å². The number of benzene rings is 1. The van der Waals surface area contributed by atoms with E-state index in [9.17, 15) is 9.18 Å². The molecule has 0 aliphatic carbocycles. The SMILES string of the molecule is CN(C(=O)c1c(F)cccc1Cl)C1CC2CCC(C1)N2. The third-order valence-corrected chi connectivity index (χ3v) is 4.81. The summed E-state index contributed by atoms with van der Waals surface area (Å²) in [6.45, 7) is 0. The molecule has 2 fully saturated rings. The fraction of sp³-hybridized carbons (Fsp3) is 0.533. The fourth-order valence-corrected chi connectivity index (χ4v) is 3.63. The molecule has 2 saturated heterocycles. The first-order valence-electron chi connectivity index (χ1n) is 7.03. The van der Waals surface area contributed by atoms with Gasteiger partial charge in [-0.15, -0.1) is 0 Å². The van der Waals surface area contributed by atoms with Gasteiger partial charge in [-0.2, -0.15) is 0 Å². The van der Waals surface area contributed by atoms with Gasteiger partial charge in [-0.25, -0.2) is 4.39 Å². The van der Waals surface area contributed by atoms with Gasteiger partial charge >= 0.3 is 0 Å². The van der Waals surface area contributed by atoms with Gasteiger partial charge in [0.2, 0.25) is 0 Å². The largest absolute Gasteiger partial charge is 0.338 e. The highest BCUT2D eigenvalue weighted by atomic mass is 35.5. The summed E-state index contributed by atoms with van der Waals surface area (Å²) in [6.07, 6.45) is 4.21. The van der Waals surface area contributed by atoms with Gasteiger partial charge in [0, 0.05) is 25.2 Å². The lowest BCUT2D eigenvalue weighted by Crippen LogP contribution is -2.48. The van der Waals surface area contributed by atoms with E-state index in [0.717, 1.165) is 12.8 Å². The highest BCUT2D eigenvalue weighted by Crippen LogP contribution is 2.30. The number of hydrogen-bond acceptors (Lipinski definition) is 2. The van der Waals surface area contributed by atoms with Gasteiger partial charge in [0.1, 0.15) is 5.82 Å². The molecular weight excluding hydrogens is 279 g/mol. The van der Waals surface area contributed by atoms with Crippen LogP contribution in [0.1, 0.15) is 36.0 Å². The third-order valence-electron chi connectivity index (χ3n) is 4.49. The van der Waals surface area contributed by atoms with E-state index in [1.54, 1.807) is 18.0 Å². The average molecular weight is 297 g/mol. The number of carbonyl (C=O) groups is 1. The van der Waals surface area contributed by atoms with Crippen LogP contribution < -0.4 is 5.32 Å². The van der Waals surface area contributed by atoms with Crippen molar-refractivity contribution in [3.63, 3.8) is 0 Å². The second-order valence-corrected chi connectivity index (χ2v) is 6.18. The molecule has 0 spiro atoms. The van der Waals surface area contributed by atoms with Crippen molar-refractivity contribution < 1.29 is 9.18 Å². The smallest absolute Gasteiger partial charge is 0.258 e. The molecule has 0 aromatic heterocycles. The van der Waals surface area contributed by atoms with E-state index in [-0.39, 0.29) is 22.5 Å². The Kier molecular flexibility index (Phi) is 3.69. The summed E-state index contributed by atoms with van der Waals surface area (Å²) in [4.78, 5) is 14.2. The van der Waals surface area contributed by atoms with Crippen molar-refractivity contribution in [2.24, 2.45) is 0 Å². The van der Waals surface area contributed by atoms with Crippen molar-refractivity contribution in [2.75, 3.05) is 7.05 Å². The second kappa shape index (κ2) is 5.34. The molecule has 2 heterocycles. The lowest BCUT2D eigenvalue weighted by molar-refractivity contribution is 0.0677. The Labute approximate surface area is 123 Å². The first kappa shape index (κ1) is 13.8. The van der Waals surface area contributed by atoms with Crippen LogP contribution in [0.2, 0.25) is 5.02 Å². The zero-order valence-corrected chi connectivity index (χ0v) is 12.2. The summed E-state index contributed by atoms with van der Waals surface area (Å²) in [5, 5.41) is 3.72. The molecule has 2 atom stereocenters. The number of rotatable bonds is 2. The van der Waals surface area contributed by atoms with Gasteiger partial charge in [0.15, 0.2) is 0 Å². The Hall–Kier alpha value is -1.13. The van der Waals surface area contributed by atoms with Gasteiger partial charge in [-0.05, 0) is 37.8 Å². The number of halogens is 2. The number of nitrogens with one attached hydrogen (secondary N) is 1. The van der Waals surface area contributed by atoms with Crippen molar-refractivity contribution in [3.8, 4) is 0 Å². The van der Waals surface area contributed by atoms with Gasteiger partial charge in [0.25, 0.3) is 5.91 Å². The van der Waals surface area contributed by atoms with Crippen LogP contribution in [0, 0.1) is 5.82 Å². The molecule has 1 aromatic carbocycles. The minimum atomic E-state index is -0.550. The molecule has 0 radical (unpaired) electrons. The van der Waals surface area contributed by atoms with Crippen molar-refractivity contribution in [3.05, 3.63) is 34.6 Å². The summed E-state index contributed by atoms with van der Waals surface area (Å²) < 4.78 is 13.8. The lowest BCUT2D eigenvalue weighted by atomic mass is 9.98. The quantitative estimate of drug-likeness (QED) is 0.910. The maximum atomic E-state index is 13.8. The standard InChI is InChI=1S/C15H18ClFN2O/c1-19(11-7-9-5-6-10(8-11)18-9)15(20)14-12(16)3-2-4-13(14)17/h2-4,9-11,18H,5-8H2,1H3. The molecular formula is C15H18ClFN2O. The highest BCUT2D eigenvalue weighted by Gasteiger charge is 2.37. The fourth-order valence-electron chi connectivity index (χ4n) is 3.39. The van der Waals surface area contributed by atoms with E-state index >= 15 is 0 Å². The van der Waals surface area contributed by atoms with E-state index in [2.05, 4.69) is 5.32 Å². The van der Waals surface area contributed by atoms with Crippen LogP contribution in [-0.4, -0.2) is 36.0 Å². The minimum Gasteiger partial charge on any atom is -0.338 e. The first-order valence-corrected chi connectivity index (χ1v) is 7.41. The maximum Gasteiger partial charge on any atom is 0.258 e. The number of piperidine rings is 1. The summed E-state index contributed by atoms with van der Waals surface area (Å²) >= 11 is 5.98. The van der Waals surface area contributed by atoms with Gasteiger partial charge in [-0.3, -0.25) is 4.79 Å². The molecule has 1 aromatic rings. The zero-order valence-electron chi connectivity index (χ0n) is 11.4. The zero-order chi connectivity index (χ0) is 14.3. The van der Waals surface area contributed by atoms with Crippen LogP contribution in [-0.2, 0) is 0 Å². The summed E-state index contributed by atoms with van der Waals surface area (Å²) in [6, 6.07) is 5.49. The van der Waals surface area contributed by atoms with Crippen molar-refractivity contribution in [1.82, 2.24) is 10.2 Å². The number of nitrogens with zero attached hydrogens (tertiary/aromatic N) is 1. The Morgan fingerprint density at radius 3 is 2.60 bits per heavy atom. The molecule has 0 saturated carbocycles. The van der Waals surface area contributed by atoms with Crippen molar-refractivity contribution >= 4 is 17.5 Å². The summed E-state index contributed by atoms with van der Waals surface area (Å²) in [7, 11) is 1.75. The molecule has 1 N–H and O–H groups in total. The van der Waals surface area contributed by atoms with E-state index < -0.39 is 5.82 Å². The Balaban J connectivity index is 1.80. The van der Waals surface area contributed by atoms with Crippen LogP contribution in [0.5, 0.6) is 0 Å². The molecule has 2 bridgehead atoms. The van der Waals surface area contributed by atoms with Crippen LogP contribution in [0.25, 0.3) is 0 Å². The Bertz CT molecular complexity index is 504. The van der Waals surface area contributed by atoms with E-state index in [4.69, 9.17) is 11.6 Å². The Morgan fingerprint density at radius 1 is 1.35 bits per heavy atom. The lowest BCUT2D eigenvalue weighted by Gasteiger charge is -2.35. The predicted octanol–water partition coefficient (Wildman–Crippen LogP) is 2.83. The molecule has 2 aliphatic rings. The van der Waals surface area contributed by atoms with E-state index in [1.165, 1.54) is 25.0 Å². The number of fused-ring (bicyclic) bond motifs is 2. The van der Waals surface area contributed by atoms with Gasteiger partial charge in [-0.1, -0.05) is 17.7 Å². The summed E-state index contributed by atoms with van der Waals surface area (Å²) in [5.74, 6) is -0.870. The number of carbonyl (C=O) groups excluding carboxylic acids is 1. The van der Waals surface area contributed by atoms with Crippen molar-refractivity contribution in [1.29, 1.82) is 0 Å². The molecule has 108 valence electrons. The first-order chi connectivity index (χ1) is 9.56. The Morgan fingerprint density at radius 2 is 2.00 bits per heavy atom. The molecule has 20 heavy (non-hydrogen) atoms. The predicted molar refractivity (Wildman–Crippen MR) is 76.5 cm³/mol. The molecule has 2 aliphatic heterocycles. The van der Waals surface area contributed by atoms with Gasteiger partial charge < -0.3 is 10.2 Å². The molecule has 3 nitrogen and oxygen atoms in total.